The monoisotopic (exact) mass is 269 g/mol. The van der Waals surface area contributed by atoms with Crippen LogP contribution in [0.2, 0.25) is 0 Å². The molecule has 1 fully saturated rings. The summed E-state index contributed by atoms with van der Waals surface area (Å²) in [6.07, 6.45) is -1.18. The number of nitrogens with two attached hydrogens (primary N) is 1. The summed E-state index contributed by atoms with van der Waals surface area (Å²) in [5, 5.41) is 3.67. The summed E-state index contributed by atoms with van der Waals surface area (Å²) < 4.78 is 27.2. The molecule has 0 unspecified atom stereocenters. The van der Waals surface area contributed by atoms with Crippen molar-refractivity contribution in [3.8, 4) is 0 Å². The molecule has 1 aliphatic rings. The minimum atomic E-state index is -2.82. The average molecular weight is 269 g/mol. The number of H-pyrrole nitrogens is 1. The van der Waals surface area contributed by atoms with Crippen molar-refractivity contribution in [3.05, 3.63) is 21.9 Å². The number of rotatable bonds is 3. The Balaban J connectivity index is 2.24. The van der Waals surface area contributed by atoms with Gasteiger partial charge in [0.2, 0.25) is 0 Å². The maximum absolute atomic E-state index is 13.0. The second kappa shape index (κ2) is 3.83. The molecular weight excluding hydrogens is 256 g/mol. The first-order valence-corrected chi connectivity index (χ1v) is 5.94. The van der Waals surface area contributed by atoms with Gasteiger partial charge in [0.25, 0.3) is 12.0 Å². The molecule has 19 heavy (non-hydrogen) atoms. The van der Waals surface area contributed by atoms with E-state index in [0.29, 0.717) is 12.4 Å². The lowest BCUT2D eigenvalue weighted by molar-refractivity contribution is 0.146. The van der Waals surface area contributed by atoms with Crippen molar-refractivity contribution in [1.29, 1.82) is 0 Å². The molecule has 0 atom stereocenters. The second-order valence-electron chi connectivity index (χ2n) is 5.06. The largest absolute Gasteiger partial charge is 0.324 e. The van der Waals surface area contributed by atoms with Crippen LogP contribution >= 0.6 is 0 Å². The van der Waals surface area contributed by atoms with Crippen LogP contribution < -0.4 is 11.3 Å². The summed E-state index contributed by atoms with van der Waals surface area (Å²) in [7, 11) is 0. The van der Waals surface area contributed by atoms with Gasteiger partial charge in [0.1, 0.15) is 16.9 Å². The highest BCUT2D eigenvalue weighted by Gasteiger charge is 2.40. The number of nitrogens with zero attached hydrogens (tertiary/aromatic N) is 3. The molecule has 0 bridgehead atoms. The Labute approximate surface area is 106 Å². The summed E-state index contributed by atoms with van der Waals surface area (Å²) in [5.74, 6) is 0.362. The fourth-order valence-electron chi connectivity index (χ4n) is 2.10. The van der Waals surface area contributed by atoms with E-state index in [4.69, 9.17) is 5.73 Å². The number of hydrogen-bond acceptors (Lipinski definition) is 4. The number of aromatic nitrogens is 4. The summed E-state index contributed by atoms with van der Waals surface area (Å²) in [4.78, 5) is 18.3. The van der Waals surface area contributed by atoms with Gasteiger partial charge in [0.05, 0.1) is 6.54 Å². The van der Waals surface area contributed by atoms with Gasteiger partial charge in [0, 0.05) is 5.54 Å². The van der Waals surface area contributed by atoms with Gasteiger partial charge in [-0.05, 0) is 19.8 Å². The van der Waals surface area contributed by atoms with Crippen LogP contribution in [-0.4, -0.2) is 25.3 Å². The van der Waals surface area contributed by atoms with E-state index in [1.54, 1.807) is 6.92 Å². The third-order valence-electron chi connectivity index (χ3n) is 3.31. The van der Waals surface area contributed by atoms with Gasteiger partial charge in [0.15, 0.2) is 5.65 Å². The van der Waals surface area contributed by atoms with Crippen LogP contribution in [0.4, 0.5) is 8.78 Å². The lowest BCUT2D eigenvalue weighted by atomic mass is 10.3. The molecule has 0 aliphatic heterocycles. The molecule has 0 saturated heterocycles. The molecule has 2 aromatic rings. The molecule has 1 saturated carbocycles. The van der Waals surface area contributed by atoms with Crippen LogP contribution in [0, 0.1) is 6.92 Å². The molecule has 0 spiro atoms. The minimum absolute atomic E-state index is 0.148. The topological polar surface area (TPSA) is 89.6 Å². The predicted molar refractivity (Wildman–Crippen MR) is 64.0 cm³/mol. The van der Waals surface area contributed by atoms with Crippen molar-refractivity contribution in [2.75, 3.05) is 0 Å². The van der Waals surface area contributed by atoms with E-state index >= 15 is 0 Å². The van der Waals surface area contributed by atoms with Gasteiger partial charge >= 0.3 is 0 Å². The summed E-state index contributed by atoms with van der Waals surface area (Å²) in [6.45, 7) is 1.89. The van der Waals surface area contributed by atoms with Gasteiger partial charge < -0.3 is 10.7 Å². The number of halogens is 2. The predicted octanol–water partition coefficient (Wildman–Crippen LogP) is 0.857. The number of aromatic amines is 1. The van der Waals surface area contributed by atoms with E-state index < -0.39 is 23.2 Å². The number of alkyl halides is 2. The quantitative estimate of drug-likeness (QED) is 0.864. The maximum Gasteiger partial charge on any atom is 0.283 e. The van der Waals surface area contributed by atoms with Crippen LogP contribution in [0.1, 0.15) is 30.8 Å². The fraction of sp³-hybridized carbons (Fsp3) is 0.545. The molecule has 8 heteroatoms. The van der Waals surface area contributed by atoms with Crippen molar-refractivity contribution in [2.45, 2.75) is 38.3 Å². The Morgan fingerprint density at radius 3 is 2.79 bits per heavy atom. The standard InChI is InChI=1S/C11H13F2N5O/c1-5-15-9-6(10(19)16-5)7(8(12)13)17-18(9)4-11(14)2-3-11/h8H,2-4,14H2,1H3,(H,15,16,19). The zero-order chi connectivity index (χ0) is 13.8. The third kappa shape index (κ3) is 2.01. The van der Waals surface area contributed by atoms with E-state index in [9.17, 15) is 13.6 Å². The van der Waals surface area contributed by atoms with Gasteiger partial charge in [-0.1, -0.05) is 0 Å². The van der Waals surface area contributed by atoms with E-state index in [-0.39, 0.29) is 11.0 Å². The zero-order valence-corrected chi connectivity index (χ0v) is 10.3. The SMILES string of the molecule is Cc1nc2c(c(C(F)F)nn2CC2(N)CC2)c(=O)[nH]1. The highest BCUT2D eigenvalue weighted by Crippen LogP contribution is 2.35. The van der Waals surface area contributed by atoms with Crippen LogP contribution in [0.5, 0.6) is 0 Å². The molecule has 3 N–H and O–H groups in total. The average Bonchev–Trinajstić information content (AvgIpc) is 2.90. The highest BCUT2D eigenvalue weighted by atomic mass is 19.3. The normalized spacial score (nSPS) is 17.3. The van der Waals surface area contributed by atoms with Crippen molar-refractivity contribution in [1.82, 2.24) is 19.7 Å². The second-order valence-corrected chi connectivity index (χ2v) is 5.06. The van der Waals surface area contributed by atoms with E-state index in [2.05, 4.69) is 15.1 Å². The summed E-state index contributed by atoms with van der Waals surface area (Å²) in [6, 6.07) is 0. The van der Waals surface area contributed by atoms with Gasteiger partial charge in [-0.2, -0.15) is 5.10 Å². The molecule has 0 aromatic carbocycles. The number of nitrogens with one attached hydrogen (secondary N) is 1. The molecule has 0 radical (unpaired) electrons. The van der Waals surface area contributed by atoms with Crippen LogP contribution in [0.15, 0.2) is 4.79 Å². The Hall–Kier alpha value is -1.83. The first-order valence-electron chi connectivity index (χ1n) is 5.94. The molecule has 2 aromatic heterocycles. The Kier molecular flexibility index (Phi) is 2.46. The molecule has 6 nitrogen and oxygen atoms in total. The number of hydrogen-bond donors (Lipinski definition) is 2. The van der Waals surface area contributed by atoms with E-state index in [1.807, 2.05) is 0 Å². The van der Waals surface area contributed by atoms with Gasteiger partial charge in [-0.3, -0.25) is 4.79 Å². The van der Waals surface area contributed by atoms with Crippen molar-refractivity contribution in [3.63, 3.8) is 0 Å². The first kappa shape index (κ1) is 12.2. The number of fused-ring (bicyclic) bond motifs is 1. The fourth-order valence-corrected chi connectivity index (χ4v) is 2.10. The highest BCUT2D eigenvalue weighted by molar-refractivity contribution is 5.77. The minimum Gasteiger partial charge on any atom is -0.324 e. The lowest BCUT2D eigenvalue weighted by Gasteiger charge is -2.08. The van der Waals surface area contributed by atoms with Crippen molar-refractivity contribution >= 4 is 11.0 Å². The Morgan fingerprint density at radius 2 is 2.21 bits per heavy atom. The van der Waals surface area contributed by atoms with Crippen LogP contribution in [0.3, 0.4) is 0 Å². The summed E-state index contributed by atoms with van der Waals surface area (Å²) in [5.41, 5.74) is 4.61. The Morgan fingerprint density at radius 1 is 1.53 bits per heavy atom. The molecule has 1 aliphatic carbocycles. The van der Waals surface area contributed by atoms with Gasteiger partial charge in [-0.25, -0.2) is 18.4 Å². The zero-order valence-electron chi connectivity index (χ0n) is 10.3. The molecule has 2 heterocycles. The molecule has 0 amide bonds. The Bertz CT molecular complexity index is 701. The molecule has 3 rings (SSSR count). The first-order chi connectivity index (χ1) is 8.89. The van der Waals surface area contributed by atoms with Crippen LogP contribution in [0.25, 0.3) is 11.0 Å². The molecule has 102 valence electrons. The van der Waals surface area contributed by atoms with E-state index in [0.717, 1.165) is 12.8 Å². The summed E-state index contributed by atoms with van der Waals surface area (Å²) >= 11 is 0. The third-order valence-corrected chi connectivity index (χ3v) is 3.31. The van der Waals surface area contributed by atoms with Crippen LogP contribution in [-0.2, 0) is 6.54 Å². The smallest absolute Gasteiger partial charge is 0.283 e. The van der Waals surface area contributed by atoms with Crippen molar-refractivity contribution < 1.29 is 8.78 Å². The van der Waals surface area contributed by atoms with Crippen molar-refractivity contribution in [2.24, 2.45) is 5.73 Å². The molecular formula is C11H13F2N5O. The maximum atomic E-state index is 13.0. The number of aryl methyl sites for hydroxylation is 1. The van der Waals surface area contributed by atoms with E-state index in [1.165, 1.54) is 4.68 Å². The van der Waals surface area contributed by atoms with Gasteiger partial charge in [-0.15, -0.1) is 0 Å². The lowest BCUT2D eigenvalue weighted by Crippen LogP contribution is -2.29.